The molecule has 0 radical (unpaired) electrons. The van der Waals surface area contributed by atoms with E-state index in [-0.39, 0.29) is 5.56 Å². The topological polar surface area (TPSA) is 63.3 Å². The molecule has 1 N–H and O–H groups in total. The third-order valence-corrected chi connectivity index (χ3v) is 3.42. The number of carboxylic acid groups (broad SMARTS) is 1. The average Bonchev–Trinajstić information content (AvgIpc) is 2.84. The molecule has 4 heteroatoms. The van der Waals surface area contributed by atoms with Crippen molar-refractivity contribution < 1.29 is 14.3 Å². The minimum absolute atomic E-state index is 0.247. The molecule has 0 spiro atoms. The molecule has 1 aromatic carbocycles. The first kappa shape index (κ1) is 14.6. The Morgan fingerprint density at radius 3 is 2.70 bits per heavy atom. The Bertz CT molecular complexity index is 574. The van der Waals surface area contributed by atoms with Gasteiger partial charge in [0.2, 0.25) is 0 Å². The van der Waals surface area contributed by atoms with Crippen LogP contribution >= 0.6 is 0 Å². The average molecular weight is 275 g/mol. The van der Waals surface area contributed by atoms with Gasteiger partial charge in [0.15, 0.2) is 11.5 Å². The third kappa shape index (κ3) is 3.83. The van der Waals surface area contributed by atoms with Crippen LogP contribution in [-0.2, 0) is 6.42 Å². The normalized spacial score (nSPS) is 11.1. The summed E-state index contributed by atoms with van der Waals surface area (Å²) in [5.74, 6) is -0.231. The number of nitrogens with zero attached hydrogens (tertiary/aromatic N) is 1. The number of aromatic carboxylic acids is 1. The van der Waals surface area contributed by atoms with E-state index in [0.29, 0.717) is 17.0 Å². The minimum Gasteiger partial charge on any atom is -0.478 e. The maximum atomic E-state index is 10.9. The first-order valence-corrected chi connectivity index (χ1v) is 7.33. The molecule has 0 saturated carbocycles. The second-order valence-electron chi connectivity index (χ2n) is 5.11. The van der Waals surface area contributed by atoms with Gasteiger partial charge in [0.05, 0.1) is 5.56 Å². The lowest BCUT2D eigenvalue weighted by molar-refractivity contribution is 0.0697. The van der Waals surface area contributed by atoms with Crippen molar-refractivity contribution in [2.24, 2.45) is 0 Å². The SMILES string of the molecule is CCCCCCCCc1nc2cc(C(=O)O)ccc2o1. The molecule has 0 unspecified atom stereocenters. The van der Waals surface area contributed by atoms with E-state index in [0.717, 1.165) is 12.8 Å². The summed E-state index contributed by atoms with van der Waals surface area (Å²) < 4.78 is 5.63. The predicted octanol–water partition coefficient (Wildman–Crippen LogP) is 4.43. The van der Waals surface area contributed by atoms with Crippen LogP contribution < -0.4 is 0 Å². The molecule has 2 rings (SSSR count). The van der Waals surface area contributed by atoms with Crippen LogP contribution in [0.25, 0.3) is 11.1 Å². The molecular weight excluding hydrogens is 254 g/mol. The largest absolute Gasteiger partial charge is 0.478 e. The number of hydrogen-bond acceptors (Lipinski definition) is 3. The molecule has 0 aliphatic rings. The van der Waals surface area contributed by atoms with Crippen LogP contribution in [0, 0.1) is 0 Å². The van der Waals surface area contributed by atoms with E-state index in [1.165, 1.54) is 32.1 Å². The summed E-state index contributed by atoms with van der Waals surface area (Å²) in [6, 6.07) is 4.78. The summed E-state index contributed by atoms with van der Waals surface area (Å²) >= 11 is 0. The summed E-state index contributed by atoms with van der Waals surface area (Å²) in [6.07, 6.45) is 8.21. The van der Waals surface area contributed by atoms with Crippen molar-refractivity contribution in [3.05, 3.63) is 29.7 Å². The van der Waals surface area contributed by atoms with Gasteiger partial charge in [-0.1, -0.05) is 39.0 Å². The zero-order chi connectivity index (χ0) is 14.4. The first-order chi connectivity index (χ1) is 9.70. The zero-order valence-electron chi connectivity index (χ0n) is 11.9. The Balaban J connectivity index is 1.89. The highest BCUT2D eigenvalue weighted by Crippen LogP contribution is 2.19. The lowest BCUT2D eigenvalue weighted by Gasteiger charge is -1.97. The number of carbonyl (C=O) groups is 1. The van der Waals surface area contributed by atoms with Crippen molar-refractivity contribution in [3.63, 3.8) is 0 Å². The van der Waals surface area contributed by atoms with Gasteiger partial charge < -0.3 is 9.52 Å². The molecule has 0 saturated heterocycles. The molecule has 0 bridgehead atoms. The summed E-state index contributed by atoms with van der Waals surface area (Å²) in [4.78, 5) is 15.2. The van der Waals surface area contributed by atoms with Gasteiger partial charge in [-0.3, -0.25) is 0 Å². The van der Waals surface area contributed by atoms with Gasteiger partial charge in [-0.25, -0.2) is 9.78 Å². The molecule has 4 nitrogen and oxygen atoms in total. The van der Waals surface area contributed by atoms with E-state index >= 15 is 0 Å². The molecule has 1 aromatic heterocycles. The van der Waals surface area contributed by atoms with Gasteiger partial charge in [-0.05, 0) is 24.6 Å². The highest BCUT2D eigenvalue weighted by molar-refractivity contribution is 5.91. The molecular formula is C16H21NO3. The third-order valence-electron chi connectivity index (χ3n) is 3.42. The number of oxazole rings is 1. The Labute approximate surface area is 118 Å². The maximum Gasteiger partial charge on any atom is 0.335 e. The second-order valence-corrected chi connectivity index (χ2v) is 5.11. The number of fused-ring (bicyclic) bond motifs is 1. The highest BCUT2D eigenvalue weighted by Gasteiger charge is 2.09. The Kier molecular flexibility index (Phi) is 5.16. The van der Waals surface area contributed by atoms with E-state index in [9.17, 15) is 4.79 Å². The fourth-order valence-corrected chi connectivity index (χ4v) is 2.27. The monoisotopic (exact) mass is 275 g/mol. The van der Waals surface area contributed by atoms with Crippen LogP contribution in [0.4, 0.5) is 0 Å². The van der Waals surface area contributed by atoms with E-state index in [4.69, 9.17) is 9.52 Å². The molecule has 0 amide bonds. The van der Waals surface area contributed by atoms with Crippen LogP contribution in [-0.4, -0.2) is 16.1 Å². The van der Waals surface area contributed by atoms with Crippen LogP contribution in [0.1, 0.15) is 61.7 Å². The molecule has 0 aliphatic heterocycles. The quantitative estimate of drug-likeness (QED) is 0.724. The molecule has 1 heterocycles. The van der Waals surface area contributed by atoms with Gasteiger partial charge in [-0.2, -0.15) is 0 Å². The van der Waals surface area contributed by atoms with Crippen molar-refractivity contribution in [2.45, 2.75) is 51.9 Å². The number of rotatable bonds is 8. The van der Waals surface area contributed by atoms with Crippen molar-refractivity contribution in [3.8, 4) is 0 Å². The van der Waals surface area contributed by atoms with Crippen LogP contribution in [0.5, 0.6) is 0 Å². The van der Waals surface area contributed by atoms with Crippen molar-refractivity contribution >= 4 is 17.1 Å². The van der Waals surface area contributed by atoms with Gasteiger partial charge >= 0.3 is 5.97 Å². The maximum absolute atomic E-state index is 10.9. The second kappa shape index (κ2) is 7.08. The highest BCUT2D eigenvalue weighted by atomic mass is 16.4. The summed E-state index contributed by atoms with van der Waals surface area (Å²) in [5.41, 5.74) is 1.54. The standard InChI is InChI=1S/C16H21NO3/c1-2-3-4-5-6-7-8-15-17-13-11-12(16(18)19)9-10-14(13)20-15/h9-11H,2-8H2,1H3,(H,18,19). The van der Waals surface area contributed by atoms with E-state index in [1.807, 2.05) is 0 Å². The molecule has 2 aromatic rings. The summed E-state index contributed by atoms with van der Waals surface area (Å²) in [5, 5.41) is 8.94. The van der Waals surface area contributed by atoms with Crippen LogP contribution in [0.15, 0.2) is 22.6 Å². The van der Waals surface area contributed by atoms with E-state index in [2.05, 4.69) is 11.9 Å². The first-order valence-electron chi connectivity index (χ1n) is 7.33. The zero-order valence-corrected chi connectivity index (χ0v) is 11.9. The molecule has 0 atom stereocenters. The van der Waals surface area contributed by atoms with Crippen molar-refractivity contribution in [2.75, 3.05) is 0 Å². The van der Waals surface area contributed by atoms with Crippen LogP contribution in [0.3, 0.4) is 0 Å². The number of carboxylic acids is 1. The van der Waals surface area contributed by atoms with Crippen molar-refractivity contribution in [1.29, 1.82) is 0 Å². The van der Waals surface area contributed by atoms with Gasteiger partial charge in [0.1, 0.15) is 5.52 Å². The van der Waals surface area contributed by atoms with Crippen molar-refractivity contribution in [1.82, 2.24) is 4.98 Å². The van der Waals surface area contributed by atoms with Gasteiger partial charge in [-0.15, -0.1) is 0 Å². The molecule has 0 fully saturated rings. The Hall–Kier alpha value is -1.84. The lowest BCUT2D eigenvalue weighted by Crippen LogP contribution is -1.94. The lowest BCUT2D eigenvalue weighted by atomic mass is 10.1. The summed E-state index contributed by atoms with van der Waals surface area (Å²) in [7, 11) is 0. The number of hydrogen-bond donors (Lipinski definition) is 1. The Morgan fingerprint density at radius 1 is 1.20 bits per heavy atom. The smallest absolute Gasteiger partial charge is 0.335 e. The van der Waals surface area contributed by atoms with E-state index in [1.54, 1.807) is 18.2 Å². The fraction of sp³-hybridized carbons (Fsp3) is 0.500. The minimum atomic E-state index is -0.938. The Morgan fingerprint density at radius 2 is 1.95 bits per heavy atom. The van der Waals surface area contributed by atoms with Gasteiger partial charge in [0, 0.05) is 6.42 Å². The number of aromatic nitrogens is 1. The van der Waals surface area contributed by atoms with Gasteiger partial charge in [0.25, 0.3) is 0 Å². The molecule has 0 aliphatic carbocycles. The predicted molar refractivity (Wildman–Crippen MR) is 78.0 cm³/mol. The number of benzene rings is 1. The van der Waals surface area contributed by atoms with Crippen LogP contribution in [0.2, 0.25) is 0 Å². The van der Waals surface area contributed by atoms with E-state index < -0.39 is 5.97 Å². The molecule has 20 heavy (non-hydrogen) atoms. The summed E-state index contributed by atoms with van der Waals surface area (Å²) in [6.45, 7) is 2.21. The number of unbranched alkanes of at least 4 members (excludes halogenated alkanes) is 5. The molecule has 108 valence electrons. The fourth-order valence-electron chi connectivity index (χ4n) is 2.27. The number of aryl methyl sites for hydroxylation is 1.